The van der Waals surface area contributed by atoms with Crippen LogP contribution in [0.3, 0.4) is 0 Å². The number of nitrogens with one attached hydrogen (secondary N) is 1. The Bertz CT molecular complexity index is 1030. The first-order chi connectivity index (χ1) is 12.3. The maximum Gasteiger partial charge on any atom is 0.0954 e. The Balaban J connectivity index is 1.70. The first kappa shape index (κ1) is 14.3. The summed E-state index contributed by atoms with van der Waals surface area (Å²) in [5.41, 5.74) is 6.54. The van der Waals surface area contributed by atoms with Gasteiger partial charge in [-0.05, 0) is 29.7 Å². The predicted molar refractivity (Wildman–Crippen MR) is 101 cm³/mol. The van der Waals surface area contributed by atoms with Crippen molar-refractivity contribution in [3.05, 3.63) is 84.1 Å². The van der Waals surface area contributed by atoms with Crippen molar-refractivity contribution in [1.29, 1.82) is 0 Å². The molecule has 0 radical (unpaired) electrons. The van der Waals surface area contributed by atoms with Crippen LogP contribution in [-0.2, 0) is 6.42 Å². The number of imidazole rings is 1. The van der Waals surface area contributed by atoms with E-state index in [-0.39, 0.29) is 6.04 Å². The largest absolute Gasteiger partial charge is 0.374 e. The third kappa shape index (κ3) is 2.25. The highest BCUT2D eigenvalue weighted by Crippen LogP contribution is 2.35. The fourth-order valence-corrected chi connectivity index (χ4v) is 4.01. The molecule has 0 aliphatic carbocycles. The molecule has 0 amide bonds. The summed E-state index contributed by atoms with van der Waals surface area (Å²) >= 11 is 0. The van der Waals surface area contributed by atoms with Crippen LogP contribution >= 0.6 is 0 Å². The average Bonchev–Trinajstić information content (AvgIpc) is 3.37. The summed E-state index contributed by atoms with van der Waals surface area (Å²) in [4.78, 5) is 10.0. The van der Waals surface area contributed by atoms with Crippen molar-refractivity contribution >= 4 is 16.6 Å². The zero-order chi connectivity index (χ0) is 16.8. The van der Waals surface area contributed by atoms with Gasteiger partial charge in [0.15, 0.2) is 0 Å². The molecule has 4 heteroatoms. The van der Waals surface area contributed by atoms with Gasteiger partial charge in [0.1, 0.15) is 0 Å². The van der Waals surface area contributed by atoms with E-state index >= 15 is 0 Å². The Kier molecular flexibility index (Phi) is 3.17. The van der Waals surface area contributed by atoms with E-state index < -0.39 is 0 Å². The third-order valence-corrected chi connectivity index (χ3v) is 5.29. The number of rotatable bonds is 3. The summed E-state index contributed by atoms with van der Waals surface area (Å²) in [6.07, 6.45) is 9.06. The van der Waals surface area contributed by atoms with E-state index in [2.05, 4.69) is 75.1 Å². The van der Waals surface area contributed by atoms with E-state index in [1.165, 1.54) is 33.3 Å². The smallest absolute Gasteiger partial charge is 0.0954 e. The molecule has 0 fully saturated rings. The summed E-state index contributed by atoms with van der Waals surface area (Å²) in [7, 11) is 2.17. The van der Waals surface area contributed by atoms with E-state index in [1.807, 2.05) is 18.7 Å². The molecule has 0 bridgehead atoms. The number of H-pyrrole nitrogens is 1. The molecule has 4 nitrogen and oxygen atoms in total. The second-order valence-corrected chi connectivity index (χ2v) is 6.76. The second kappa shape index (κ2) is 5.52. The lowest BCUT2D eigenvalue weighted by molar-refractivity contribution is 0.681. The van der Waals surface area contributed by atoms with E-state index in [4.69, 9.17) is 0 Å². The first-order valence-corrected chi connectivity index (χ1v) is 8.69. The molecule has 5 rings (SSSR count). The van der Waals surface area contributed by atoms with Crippen molar-refractivity contribution in [1.82, 2.24) is 14.5 Å². The molecule has 4 aromatic rings. The van der Waals surface area contributed by atoms with Gasteiger partial charge in [-0.25, -0.2) is 4.98 Å². The van der Waals surface area contributed by atoms with Crippen LogP contribution in [0.4, 0.5) is 5.69 Å². The number of hydrogen-bond donors (Lipinski definition) is 1. The number of para-hydroxylation sites is 1. The minimum Gasteiger partial charge on any atom is -0.374 e. The Morgan fingerprint density at radius 1 is 1.16 bits per heavy atom. The van der Waals surface area contributed by atoms with Gasteiger partial charge in [-0.2, -0.15) is 0 Å². The quantitative estimate of drug-likeness (QED) is 0.617. The Labute approximate surface area is 146 Å². The van der Waals surface area contributed by atoms with Crippen LogP contribution in [0.15, 0.2) is 67.4 Å². The van der Waals surface area contributed by atoms with Gasteiger partial charge in [-0.3, -0.25) is 0 Å². The summed E-state index contributed by atoms with van der Waals surface area (Å²) in [5.74, 6) is 0. The van der Waals surface area contributed by atoms with Gasteiger partial charge in [-0.1, -0.05) is 30.3 Å². The molecule has 0 saturated carbocycles. The van der Waals surface area contributed by atoms with Crippen LogP contribution in [-0.4, -0.2) is 28.1 Å². The molecule has 1 atom stereocenters. The van der Waals surface area contributed by atoms with Crippen molar-refractivity contribution in [2.75, 3.05) is 18.5 Å². The molecule has 0 saturated heterocycles. The van der Waals surface area contributed by atoms with Gasteiger partial charge in [0.25, 0.3) is 0 Å². The molecule has 2 aromatic carbocycles. The number of benzene rings is 2. The highest BCUT2D eigenvalue weighted by atomic mass is 15.1. The highest BCUT2D eigenvalue weighted by molar-refractivity contribution is 5.84. The lowest BCUT2D eigenvalue weighted by atomic mass is 9.95. The van der Waals surface area contributed by atoms with Crippen molar-refractivity contribution in [2.24, 2.45) is 0 Å². The fraction of sp³-hybridized carbons (Fsp3) is 0.190. The number of fused-ring (bicyclic) bond motifs is 2. The summed E-state index contributed by atoms with van der Waals surface area (Å²) in [6.45, 7) is 1.10. The van der Waals surface area contributed by atoms with Gasteiger partial charge in [-0.15, -0.1) is 0 Å². The van der Waals surface area contributed by atoms with Gasteiger partial charge in [0, 0.05) is 54.3 Å². The van der Waals surface area contributed by atoms with E-state index in [0.29, 0.717) is 0 Å². The number of likely N-dealkylation sites (N-methyl/N-ethyl adjacent to an activating group) is 1. The number of aromatic nitrogens is 3. The number of nitrogens with zero attached hydrogens (tertiary/aromatic N) is 3. The van der Waals surface area contributed by atoms with Crippen LogP contribution in [0, 0.1) is 0 Å². The number of anilines is 1. The van der Waals surface area contributed by atoms with Gasteiger partial charge < -0.3 is 14.5 Å². The van der Waals surface area contributed by atoms with Crippen molar-refractivity contribution < 1.29 is 0 Å². The second-order valence-electron chi connectivity index (χ2n) is 6.76. The fourth-order valence-electron chi connectivity index (χ4n) is 4.01. The Hall–Kier alpha value is -3.01. The third-order valence-electron chi connectivity index (χ3n) is 5.29. The zero-order valence-corrected chi connectivity index (χ0v) is 14.2. The lowest BCUT2D eigenvalue weighted by Crippen LogP contribution is -2.13. The van der Waals surface area contributed by atoms with Crippen LogP contribution in [0.25, 0.3) is 10.9 Å². The lowest BCUT2D eigenvalue weighted by Gasteiger charge is -2.20. The monoisotopic (exact) mass is 328 g/mol. The molecule has 1 aliphatic heterocycles. The van der Waals surface area contributed by atoms with E-state index in [1.54, 1.807) is 0 Å². The van der Waals surface area contributed by atoms with Crippen LogP contribution in [0.2, 0.25) is 0 Å². The summed E-state index contributed by atoms with van der Waals surface area (Å²) in [6, 6.07) is 15.5. The Morgan fingerprint density at radius 2 is 2.08 bits per heavy atom. The number of hydrogen-bond acceptors (Lipinski definition) is 2. The molecule has 0 spiro atoms. The van der Waals surface area contributed by atoms with E-state index in [0.717, 1.165) is 13.0 Å². The van der Waals surface area contributed by atoms with Crippen molar-refractivity contribution in [3.8, 4) is 0 Å². The van der Waals surface area contributed by atoms with Gasteiger partial charge in [0.05, 0.1) is 12.4 Å². The maximum atomic E-state index is 4.29. The molecule has 3 heterocycles. The van der Waals surface area contributed by atoms with Crippen LogP contribution in [0.5, 0.6) is 0 Å². The summed E-state index contributed by atoms with van der Waals surface area (Å²) in [5, 5.41) is 1.26. The SMILES string of the molecule is CN1CCc2cc(C(c3c[nH]c4ccccc34)n3ccnc3)ccc21. The van der Waals surface area contributed by atoms with Gasteiger partial charge >= 0.3 is 0 Å². The normalized spacial score (nSPS) is 14.8. The minimum absolute atomic E-state index is 0.120. The molecule has 2 aromatic heterocycles. The summed E-state index contributed by atoms with van der Waals surface area (Å²) < 4.78 is 2.19. The predicted octanol–water partition coefficient (Wildman–Crippen LogP) is 3.99. The standard InChI is InChI=1S/C21H20N4/c1-24-10-8-15-12-16(6-7-20(15)24)21(25-11-9-22-14-25)18-13-23-19-5-3-2-4-17(18)19/h2-7,9,11-14,21,23H,8,10H2,1H3. The van der Waals surface area contributed by atoms with Crippen molar-refractivity contribution in [3.63, 3.8) is 0 Å². The average molecular weight is 328 g/mol. The van der Waals surface area contributed by atoms with Crippen LogP contribution in [0.1, 0.15) is 22.7 Å². The minimum atomic E-state index is 0.120. The topological polar surface area (TPSA) is 36.9 Å². The Morgan fingerprint density at radius 3 is 2.96 bits per heavy atom. The zero-order valence-electron chi connectivity index (χ0n) is 14.2. The van der Waals surface area contributed by atoms with Crippen LogP contribution < -0.4 is 4.90 Å². The van der Waals surface area contributed by atoms with E-state index in [9.17, 15) is 0 Å². The molecule has 1 aliphatic rings. The molecule has 124 valence electrons. The van der Waals surface area contributed by atoms with Crippen molar-refractivity contribution in [2.45, 2.75) is 12.5 Å². The maximum absolute atomic E-state index is 4.29. The molecule has 1 unspecified atom stereocenters. The molecular weight excluding hydrogens is 308 g/mol. The first-order valence-electron chi connectivity index (χ1n) is 8.69. The molecular formula is C21H20N4. The number of aromatic amines is 1. The highest BCUT2D eigenvalue weighted by Gasteiger charge is 2.23. The van der Waals surface area contributed by atoms with Gasteiger partial charge in [0.2, 0.25) is 0 Å². The molecule has 1 N–H and O–H groups in total. The molecule has 25 heavy (non-hydrogen) atoms.